The maximum absolute atomic E-state index is 14.0. The molecule has 144 valence electrons. The van der Waals surface area contributed by atoms with Crippen molar-refractivity contribution in [2.45, 2.75) is 18.5 Å². The first-order chi connectivity index (χ1) is 13.4. The van der Waals surface area contributed by atoms with Gasteiger partial charge in [-0.15, -0.1) is 0 Å². The SMILES string of the molecule is NC1=NC2(CCN(C(=O)c3ccc([N+](=O)[O-])cc3)CC2)Nc2cccc(F)c21. The van der Waals surface area contributed by atoms with Crippen LogP contribution in [0, 0.1) is 15.9 Å². The zero-order chi connectivity index (χ0) is 19.9. The summed E-state index contributed by atoms with van der Waals surface area (Å²) in [6.45, 7) is 0.870. The standard InChI is InChI=1S/C19H18FN5O3/c20-14-2-1-3-15-16(14)17(21)23-19(22-15)8-10-24(11-9-19)18(26)12-4-6-13(7-5-12)25(27)28/h1-7,22H,8-11H2,(H2,21,23). The molecule has 0 aliphatic carbocycles. The molecule has 2 aliphatic heterocycles. The number of carbonyl (C=O) groups is 1. The van der Waals surface area contributed by atoms with Crippen LogP contribution >= 0.6 is 0 Å². The monoisotopic (exact) mass is 383 g/mol. The Morgan fingerprint density at radius 2 is 1.89 bits per heavy atom. The average Bonchev–Trinajstić information content (AvgIpc) is 2.68. The molecule has 2 aromatic carbocycles. The maximum Gasteiger partial charge on any atom is 0.269 e. The molecule has 0 unspecified atom stereocenters. The van der Waals surface area contributed by atoms with Crippen molar-refractivity contribution in [3.63, 3.8) is 0 Å². The minimum Gasteiger partial charge on any atom is -0.383 e. The van der Waals surface area contributed by atoms with Gasteiger partial charge in [-0.3, -0.25) is 14.9 Å². The number of nitro benzene ring substituents is 1. The molecule has 2 aromatic rings. The lowest BCUT2D eigenvalue weighted by Gasteiger charge is -2.42. The molecule has 2 heterocycles. The second kappa shape index (κ2) is 6.59. The van der Waals surface area contributed by atoms with E-state index in [0.717, 1.165) is 0 Å². The molecule has 1 fully saturated rings. The number of amidine groups is 1. The largest absolute Gasteiger partial charge is 0.383 e. The number of fused-ring (bicyclic) bond motifs is 1. The van der Waals surface area contributed by atoms with Gasteiger partial charge in [0.2, 0.25) is 0 Å². The molecule has 8 nitrogen and oxygen atoms in total. The topological polar surface area (TPSA) is 114 Å². The van der Waals surface area contributed by atoms with Crippen LogP contribution in [-0.2, 0) is 0 Å². The molecule has 3 N–H and O–H groups in total. The smallest absolute Gasteiger partial charge is 0.269 e. The van der Waals surface area contributed by atoms with Gasteiger partial charge in [-0.25, -0.2) is 9.38 Å². The van der Waals surface area contributed by atoms with Crippen molar-refractivity contribution in [3.05, 3.63) is 69.5 Å². The lowest BCUT2D eigenvalue weighted by molar-refractivity contribution is -0.384. The van der Waals surface area contributed by atoms with Crippen molar-refractivity contribution in [1.82, 2.24) is 4.90 Å². The number of anilines is 1. The summed E-state index contributed by atoms with van der Waals surface area (Å²) in [5.74, 6) is -0.460. The number of nitrogens with zero attached hydrogens (tertiary/aromatic N) is 3. The molecule has 0 atom stereocenters. The summed E-state index contributed by atoms with van der Waals surface area (Å²) in [5, 5.41) is 14.0. The summed E-state index contributed by atoms with van der Waals surface area (Å²) in [4.78, 5) is 29.1. The van der Waals surface area contributed by atoms with Crippen LogP contribution in [-0.4, -0.2) is 40.3 Å². The van der Waals surface area contributed by atoms with Gasteiger partial charge in [-0.2, -0.15) is 0 Å². The minimum absolute atomic E-state index is 0.0590. The van der Waals surface area contributed by atoms with E-state index in [1.54, 1.807) is 17.0 Å². The van der Waals surface area contributed by atoms with E-state index in [9.17, 15) is 19.3 Å². The number of likely N-dealkylation sites (tertiary alicyclic amines) is 1. The Hall–Kier alpha value is -3.49. The van der Waals surface area contributed by atoms with Crippen molar-refractivity contribution in [1.29, 1.82) is 0 Å². The second-order valence-corrected chi connectivity index (χ2v) is 6.91. The summed E-state index contributed by atoms with van der Waals surface area (Å²) in [6.07, 6.45) is 1.03. The highest BCUT2D eigenvalue weighted by Crippen LogP contribution is 2.35. The first kappa shape index (κ1) is 17.9. The number of hydrogen-bond donors (Lipinski definition) is 2. The summed E-state index contributed by atoms with van der Waals surface area (Å²) >= 11 is 0. The maximum atomic E-state index is 14.0. The zero-order valence-electron chi connectivity index (χ0n) is 14.9. The molecule has 0 aromatic heterocycles. The molecule has 0 radical (unpaired) electrons. The van der Waals surface area contributed by atoms with Gasteiger partial charge in [0, 0.05) is 49.3 Å². The second-order valence-electron chi connectivity index (χ2n) is 6.91. The van der Waals surface area contributed by atoms with E-state index < -0.39 is 16.4 Å². The Morgan fingerprint density at radius 1 is 1.21 bits per heavy atom. The number of piperidine rings is 1. The Balaban J connectivity index is 1.48. The molecule has 2 aliphatic rings. The molecule has 0 saturated carbocycles. The van der Waals surface area contributed by atoms with E-state index in [1.807, 2.05) is 0 Å². The van der Waals surface area contributed by atoms with Crippen LogP contribution < -0.4 is 11.1 Å². The number of halogens is 1. The minimum atomic E-state index is -0.670. The number of non-ortho nitro benzene ring substituents is 1. The third-order valence-electron chi connectivity index (χ3n) is 5.17. The Bertz CT molecular complexity index is 982. The number of benzene rings is 2. The quantitative estimate of drug-likeness (QED) is 0.611. The van der Waals surface area contributed by atoms with Gasteiger partial charge in [0.25, 0.3) is 11.6 Å². The summed E-state index contributed by atoms with van der Waals surface area (Å²) in [5.41, 5.74) is 6.55. The van der Waals surface area contributed by atoms with Crippen LogP contribution in [0.1, 0.15) is 28.8 Å². The van der Waals surface area contributed by atoms with E-state index >= 15 is 0 Å². The van der Waals surface area contributed by atoms with E-state index in [-0.39, 0.29) is 23.0 Å². The summed E-state index contributed by atoms with van der Waals surface area (Å²) < 4.78 is 14.0. The normalized spacial score (nSPS) is 17.5. The Morgan fingerprint density at radius 3 is 2.54 bits per heavy atom. The van der Waals surface area contributed by atoms with Gasteiger partial charge in [0.15, 0.2) is 0 Å². The predicted molar refractivity (Wildman–Crippen MR) is 102 cm³/mol. The number of amides is 1. The van der Waals surface area contributed by atoms with Crippen molar-refractivity contribution < 1.29 is 14.1 Å². The third kappa shape index (κ3) is 3.04. The van der Waals surface area contributed by atoms with Gasteiger partial charge >= 0.3 is 0 Å². The van der Waals surface area contributed by atoms with E-state index in [0.29, 0.717) is 37.2 Å². The van der Waals surface area contributed by atoms with Crippen molar-refractivity contribution in [2.75, 3.05) is 18.4 Å². The Labute approximate surface area is 160 Å². The molecule has 0 bridgehead atoms. The number of nitrogens with two attached hydrogens (primary N) is 1. The van der Waals surface area contributed by atoms with Gasteiger partial charge in [-0.05, 0) is 24.3 Å². The van der Waals surface area contributed by atoms with Gasteiger partial charge in [-0.1, -0.05) is 6.07 Å². The first-order valence-corrected chi connectivity index (χ1v) is 8.85. The fourth-order valence-corrected chi connectivity index (χ4v) is 3.68. The molecule has 4 rings (SSSR count). The predicted octanol–water partition coefficient (Wildman–Crippen LogP) is 2.50. The van der Waals surface area contributed by atoms with Crippen LogP contribution in [0.25, 0.3) is 0 Å². The lowest BCUT2D eigenvalue weighted by Crippen LogP contribution is -2.52. The third-order valence-corrected chi connectivity index (χ3v) is 5.17. The number of nitro groups is 1. The van der Waals surface area contributed by atoms with Crippen LogP contribution in [0.15, 0.2) is 47.5 Å². The van der Waals surface area contributed by atoms with Crippen LogP contribution in [0.5, 0.6) is 0 Å². The van der Waals surface area contributed by atoms with E-state index in [4.69, 9.17) is 5.73 Å². The van der Waals surface area contributed by atoms with Crippen LogP contribution in [0.2, 0.25) is 0 Å². The fraction of sp³-hybridized carbons (Fsp3) is 0.263. The van der Waals surface area contributed by atoms with Crippen LogP contribution in [0.4, 0.5) is 15.8 Å². The molecule has 9 heteroatoms. The highest BCUT2D eigenvalue weighted by atomic mass is 19.1. The highest BCUT2D eigenvalue weighted by molar-refractivity contribution is 6.04. The molecule has 28 heavy (non-hydrogen) atoms. The average molecular weight is 383 g/mol. The number of nitrogens with one attached hydrogen (secondary N) is 1. The van der Waals surface area contributed by atoms with Gasteiger partial charge in [0.1, 0.15) is 17.3 Å². The lowest BCUT2D eigenvalue weighted by atomic mass is 9.93. The molecular weight excluding hydrogens is 365 g/mol. The number of rotatable bonds is 2. The van der Waals surface area contributed by atoms with Gasteiger partial charge < -0.3 is 16.0 Å². The summed E-state index contributed by atoms with van der Waals surface area (Å²) in [7, 11) is 0. The first-order valence-electron chi connectivity index (χ1n) is 8.85. The number of aliphatic imine (C=N–C) groups is 1. The number of hydrogen-bond acceptors (Lipinski definition) is 6. The van der Waals surface area contributed by atoms with Crippen molar-refractivity contribution in [3.8, 4) is 0 Å². The molecule has 1 saturated heterocycles. The zero-order valence-corrected chi connectivity index (χ0v) is 14.9. The van der Waals surface area contributed by atoms with Crippen molar-refractivity contribution >= 4 is 23.1 Å². The molecular formula is C19H18FN5O3. The van der Waals surface area contributed by atoms with E-state index in [2.05, 4.69) is 10.3 Å². The summed E-state index contributed by atoms with van der Waals surface area (Å²) in [6, 6.07) is 10.3. The fourth-order valence-electron chi connectivity index (χ4n) is 3.68. The van der Waals surface area contributed by atoms with E-state index in [1.165, 1.54) is 30.3 Å². The number of carbonyl (C=O) groups excluding carboxylic acids is 1. The highest BCUT2D eigenvalue weighted by Gasteiger charge is 2.39. The van der Waals surface area contributed by atoms with Gasteiger partial charge in [0.05, 0.1) is 10.5 Å². The van der Waals surface area contributed by atoms with Crippen molar-refractivity contribution in [2.24, 2.45) is 10.7 Å². The van der Waals surface area contributed by atoms with Crippen LogP contribution in [0.3, 0.4) is 0 Å². The molecule has 1 amide bonds. The molecule has 1 spiro atoms. The Kier molecular flexibility index (Phi) is 4.21.